The van der Waals surface area contributed by atoms with E-state index in [9.17, 15) is 22.4 Å². The van der Waals surface area contributed by atoms with Gasteiger partial charge in [0.2, 0.25) is 0 Å². The Balaban J connectivity index is 1.88. The molecule has 0 spiro atoms. The highest BCUT2D eigenvalue weighted by Crippen LogP contribution is 2.33. The predicted molar refractivity (Wildman–Crippen MR) is 98.4 cm³/mol. The molecule has 3 rings (SSSR count). The van der Waals surface area contributed by atoms with Crippen molar-refractivity contribution in [3.05, 3.63) is 58.1 Å². The Kier molecular flexibility index (Phi) is 5.50. The number of aliphatic imine (C=N–C) groups is 1. The number of halogens is 5. The molecule has 0 saturated carbocycles. The highest BCUT2D eigenvalue weighted by molar-refractivity contribution is 6.34. The fraction of sp³-hybridized carbons (Fsp3) is 0.278. The van der Waals surface area contributed by atoms with Gasteiger partial charge >= 0.3 is 6.18 Å². The maximum atomic E-state index is 14.4. The summed E-state index contributed by atoms with van der Waals surface area (Å²) in [6.07, 6.45) is -4.13. The number of ether oxygens (including phenoxy) is 1. The number of nitrogens with two attached hydrogens (primary N) is 1. The van der Waals surface area contributed by atoms with Crippen LogP contribution in [0.4, 0.5) is 23.2 Å². The first-order valence-corrected chi connectivity index (χ1v) is 8.63. The number of benzene rings is 1. The molecule has 0 saturated heterocycles. The molecule has 2 aromatic rings. The van der Waals surface area contributed by atoms with Crippen molar-refractivity contribution < 1.29 is 27.1 Å². The van der Waals surface area contributed by atoms with E-state index < -0.39 is 39.7 Å². The molecule has 2 heterocycles. The summed E-state index contributed by atoms with van der Waals surface area (Å²) in [5.41, 5.74) is 3.40. The zero-order valence-corrected chi connectivity index (χ0v) is 15.7. The number of hydrogen-bond donors (Lipinski definition) is 2. The van der Waals surface area contributed by atoms with E-state index >= 15 is 0 Å². The Labute approximate surface area is 167 Å². The van der Waals surface area contributed by atoms with Crippen molar-refractivity contribution in [1.82, 2.24) is 4.98 Å². The molecule has 3 N–H and O–H groups in total. The maximum absolute atomic E-state index is 14.4. The first kappa shape index (κ1) is 21.0. The smallest absolute Gasteiger partial charge is 0.386 e. The van der Waals surface area contributed by atoms with Crippen LogP contribution < -0.4 is 11.1 Å². The van der Waals surface area contributed by atoms with Gasteiger partial charge in [0, 0.05) is 17.4 Å². The number of pyridine rings is 1. The Morgan fingerprint density at radius 3 is 2.69 bits per heavy atom. The molecule has 0 unspecified atom stereocenters. The molecule has 11 heteroatoms. The molecule has 0 aliphatic carbocycles. The molecule has 1 atom stereocenters. The van der Waals surface area contributed by atoms with E-state index in [1.807, 2.05) is 0 Å². The van der Waals surface area contributed by atoms with Crippen LogP contribution in [-0.4, -0.2) is 29.9 Å². The minimum atomic E-state index is -4.64. The van der Waals surface area contributed by atoms with E-state index in [2.05, 4.69) is 15.3 Å². The summed E-state index contributed by atoms with van der Waals surface area (Å²) in [4.78, 5) is 20.1. The number of nitrogens with zero attached hydrogens (tertiary/aromatic N) is 2. The Hall–Kier alpha value is -2.72. The van der Waals surface area contributed by atoms with Crippen LogP contribution >= 0.6 is 11.6 Å². The fourth-order valence-electron chi connectivity index (χ4n) is 2.84. The van der Waals surface area contributed by atoms with E-state index in [-0.39, 0.29) is 30.3 Å². The molecule has 0 bridgehead atoms. The van der Waals surface area contributed by atoms with Crippen molar-refractivity contribution in [2.24, 2.45) is 10.7 Å². The zero-order chi connectivity index (χ0) is 21.4. The number of anilines is 1. The van der Waals surface area contributed by atoms with Crippen molar-refractivity contribution in [2.45, 2.75) is 18.6 Å². The number of alkyl halides is 3. The quantitative estimate of drug-likeness (QED) is 0.726. The van der Waals surface area contributed by atoms with Crippen LogP contribution in [0.25, 0.3) is 0 Å². The lowest BCUT2D eigenvalue weighted by atomic mass is 9.92. The third-order valence-corrected chi connectivity index (χ3v) is 4.50. The predicted octanol–water partition coefficient (Wildman–Crippen LogP) is 3.75. The minimum absolute atomic E-state index is 0.0777. The molecule has 6 nitrogen and oxygen atoms in total. The summed E-state index contributed by atoms with van der Waals surface area (Å²) in [5, 5.41) is 1.97. The highest BCUT2D eigenvalue weighted by Gasteiger charge is 2.34. The van der Waals surface area contributed by atoms with Crippen molar-refractivity contribution in [2.75, 3.05) is 18.5 Å². The van der Waals surface area contributed by atoms with Gasteiger partial charge in [-0.2, -0.15) is 13.2 Å². The van der Waals surface area contributed by atoms with Gasteiger partial charge in [-0.1, -0.05) is 11.6 Å². The van der Waals surface area contributed by atoms with Gasteiger partial charge in [0.25, 0.3) is 5.91 Å². The van der Waals surface area contributed by atoms with E-state index in [0.717, 1.165) is 6.07 Å². The van der Waals surface area contributed by atoms with Gasteiger partial charge in [0.1, 0.15) is 29.5 Å². The van der Waals surface area contributed by atoms with Gasteiger partial charge < -0.3 is 15.8 Å². The monoisotopic (exact) mass is 430 g/mol. The first-order valence-electron chi connectivity index (χ1n) is 8.26. The third-order valence-electron chi connectivity index (χ3n) is 4.21. The number of amidine groups is 1. The second-order valence-corrected chi connectivity index (χ2v) is 6.98. The van der Waals surface area contributed by atoms with Crippen molar-refractivity contribution >= 4 is 29.0 Å². The molecule has 1 aromatic carbocycles. The molecular weight excluding hydrogens is 416 g/mol. The second-order valence-electron chi connectivity index (χ2n) is 6.57. The minimum Gasteiger partial charge on any atom is -0.386 e. The van der Waals surface area contributed by atoms with Gasteiger partial charge in [-0.3, -0.25) is 9.79 Å². The summed E-state index contributed by atoms with van der Waals surface area (Å²) in [6, 6.07) is 4.36. The molecule has 0 fully saturated rings. The Morgan fingerprint density at radius 2 is 2.07 bits per heavy atom. The van der Waals surface area contributed by atoms with Crippen LogP contribution in [0.1, 0.15) is 28.5 Å². The van der Waals surface area contributed by atoms with Crippen molar-refractivity contribution in [1.29, 1.82) is 0 Å². The lowest BCUT2D eigenvalue weighted by Crippen LogP contribution is -2.38. The number of carbonyl (C=O) groups is 1. The van der Waals surface area contributed by atoms with Crippen LogP contribution in [0.15, 0.2) is 35.5 Å². The van der Waals surface area contributed by atoms with Crippen LogP contribution in [-0.2, 0) is 16.5 Å². The number of carbonyl (C=O) groups excluding carboxylic acids is 1. The van der Waals surface area contributed by atoms with Crippen LogP contribution in [0, 0.1) is 5.82 Å². The van der Waals surface area contributed by atoms with E-state index in [1.165, 1.54) is 12.1 Å². The molecule has 154 valence electrons. The SMILES string of the molecule is C[C@@]1(c2cc(NC(=O)c3ncc(C(F)(F)F)cc3Cl)ccc2F)COCC(N)=N1. The van der Waals surface area contributed by atoms with E-state index in [4.69, 9.17) is 22.1 Å². The summed E-state index contributed by atoms with van der Waals surface area (Å²) in [6.45, 7) is 1.83. The van der Waals surface area contributed by atoms with Crippen molar-refractivity contribution in [3.63, 3.8) is 0 Å². The van der Waals surface area contributed by atoms with Gasteiger partial charge in [0.05, 0.1) is 17.2 Å². The van der Waals surface area contributed by atoms with Crippen LogP contribution in [0.5, 0.6) is 0 Å². The number of nitrogens with one attached hydrogen (secondary N) is 1. The summed E-state index contributed by atoms with van der Waals surface area (Å²) >= 11 is 5.78. The average Bonchev–Trinajstić information content (AvgIpc) is 2.62. The maximum Gasteiger partial charge on any atom is 0.417 e. The molecule has 1 amide bonds. The third kappa shape index (κ3) is 4.48. The van der Waals surface area contributed by atoms with E-state index in [0.29, 0.717) is 12.3 Å². The second kappa shape index (κ2) is 7.60. The molecular formula is C18H15ClF4N4O2. The Morgan fingerprint density at radius 1 is 1.34 bits per heavy atom. The molecule has 1 aromatic heterocycles. The fourth-order valence-corrected chi connectivity index (χ4v) is 3.09. The van der Waals surface area contributed by atoms with E-state index in [1.54, 1.807) is 6.92 Å². The topological polar surface area (TPSA) is 89.6 Å². The zero-order valence-electron chi connectivity index (χ0n) is 15.0. The van der Waals surface area contributed by atoms with Crippen LogP contribution in [0.2, 0.25) is 5.02 Å². The molecule has 1 aliphatic rings. The summed E-state index contributed by atoms with van der Waals surface area (Å²) in [7, 11) is 0. The number of hydrogen-bond acceptors (Lipinski definition) is 5. The standard InChI is InChI=1S/C18H15ClF4N4O2/c1-17(8-29-7-14(24)27-17)11-5-10(2-3-13(11)20)26-16(28)15-12(19)4-9(6-25-15)18(21,22)23/h2-6H,7-8H2,1H3,(H2,24,27)(H,26,28)/t17-/m0/s1. The number of aromatic nitrogens is 1. The lowest BCUT2D eigenvalue weighted by molar-refractivity contribution is -0.137. The largest absolute Gasteiger partial charge is 0.417 e. The average molecular weight is 431 g/mol. The number of rotatable bonds is 3. The van der Waals surface area contributed by atoms with Crippen LogP contribution in [0.3, 0.4) is 0 Å². The van der Waals surface area contributed by atoms with Gasteiger partial charge in [-0.25, -0.2) is 9.37 Å². The van der Waals surface area contributed by atoms with Gasteiger partial charge in [-0.15, -0.1) is 0 Å². The molecule has 29 heavy (non-hydrogen) atoms. The summed E-state index contributed by atoms with van der Waals surface area (Å²) in [5.74, 6) is -1.24. The Bertz CT molecular complexity index is 996. The van der Waals surface area contributed by atoms with Crippen molar-refractivity contribution in [3.8, 4) is 0 Å². The normalized spacial score (nSPS) is 19.6. The van der Waals surface area contributed by atoms with Gasteiger partial charge in [0.15, 0.2) is 0 Å². The van der Waals surface area contributed by atoms with Gasteiger partial charge in [-0.05, 0) is 31.2 Å². The molecule has 0 radical (unpaired) electrons. The lowest BCUT2D eigenvalue weighted by Gasteiger charge is -2.30. The highest BCUT2D eigenvalue weighted by atomic mass is 35.5. The number of amides is 1. The molecule has 1 aliphatic heterocycles. The summed E-state index contributed by atoms with van der Waals surface area (Å²) < 4.78 is 57.8. The first-order chi connectivity index (χ1) is 13.5.